The Balaban J connectivity index is 1.91. The number of halogens is 1. The lowest BCUT2D eigenvalue weighted by Crippen LogP contribution is -2.42. The van der Waals surface area contributed by atoms with Crippen LogP contribution < -0.4 is 10.6 Å². The number of rotatable bonds is 2. The number of piperidine rings is 1. The number of carbonyl (C=O) groups is 1. The van der Waals surface area contributed by atoms with Gasteiger partial charge in [-0.3, -0.25) is 4.79 Å². The minimum absolute atomic E-state index is 0.0704. The van der Waals surface area contributed by atoms with E-state index in [1.807, 2.05) is 11.4 Å². The van der Waals surface area contributed by atoms with Crippen molar-refractivity contribution >= 4 is 39.8 Å². The molecule has 0 saturated carbocycles. The summed E-state index contributed by atoms with van der Waals surface area (Å²) in [4.78, 5) is 11.8. The minimum Gasteiger partial charge on any atom is -0.349 e. The molecule has 82 valence electrons. The standard InChI is InChI=1S/C10H13IN2OS/c11-9-5-7(6-15-9)10(14)13-8-1-3-12-4-2-8/h5-6,8,12H,1-4H2,(H,13,14). The number of thiophene rings is 1. The van der Waals surface area contributed by atoms with Gasteiger partial charge in [0.2, 0.25) is 0 Å². The highest BCUT2D eigenvalue weighted by atomic mass is 127. The van der Waals surface area contributed by atoms with Crippen molar-refractivity contribution < 1.29 is 4.79 Å². The molecule has 1 aliphatic rings. The maximum Gasteiger partial charge on any atom is 0.252 e. The Morgan fingerprint density at radius 3 is 2.87 bits per heavy atom. The molecule has 2 N–H and O–H groups in total. The number of carbonyl (C=O) groups excluding carboxylic acids is 1. The number of hydrogen-bond acceptors (Lipinski definition) is 3. The molecule has 0 unspecified atom stereocenters. The van der Waals surface area contributed by atoms with Crippen molar-refractivity contribution in [2.45, 2.75) is 18.9 Å². The van der Waals surface area contributed by atoms with E-state index in [0.717, 1.165) is 34.4 Å². The maximum absolute atomic E-state index is 11.8. The Morgan fingerprint density at radius 1 is 1.53 bits per heavy atom. The van der Waals surface area contributed by atoms with Gasteiger partial charge in [-0.1, -0.05) is 0 Å². The molecule has 0 aliphatic carbocycles. The second-order valence-electron chi connectivity index (χ2n) is 3.64. The summed E-state index contributed by atoms with van der Waals surface area (Å²) in [5.41, 5.74) is 0.794. The van der Waals surface area contributed by atoms with Gasteiger partial charge >= 0.3 is 0 Å². The highest BCUT2D eigenvalue weighted by Gasteiger charge is 2.16. The van der Waals surface area contributed by atoms with Crippen molar-refractivity contribution in [2.24, 2.45) is 0 Å². The van der Waals surface area contributed by atoms with Gasteiger partial charge in [-0.15, -0.1) is 11.3 Å². The van der Waals surface area contributed by atoms with Crippen LogP contribution in [0, 0.1) is 2.88 Å². The van der Waals surface area contributed by atoms with Crippen molar-refractivity contribution in [2.75, 3.05) is 13.1 Å². The van der Waals surface area contributed by atoms with Crippen LogP contribution in [0.2, 0.25) is 0 Å². The Bertz CT molecular complexity index is 347. The summed E-state index contributed by atoms with van der Waals surface area (Å²) in [5.74, 6) is 0.0704. The van der Waals surface area contributed by atoms with Gasteiger partial charge in [0.05, 0.1) is 8.45 Å². The van der Waals surface area contributed by atoms with Crippen LogP contribution in [0.5, 0.6) is 0 Å². The van der Waals surface area contributed by atoms with E-state index in [2.05, 4.69) is 33.2 Å². The second-order valence-corrected chi connectivity index (χ2v) is 6.44. The van der Waals surface area contributed by atoms with E-state index < -0.39 is 0 Å². The molecule has 2 heterocycles. The van der Waals surface area contributed by atoms with Crippen LogP contribution >= 0.6 is 33.9 Å². The zero-order valence-corrected chi connectivity index (χ0v) is 11.2. The molecule has 2 rings (SSSR count). The summed E-state index contributed by atoms with van der Waals surface area (Å²) in [6.45, 7) is 2.01. The molecule has 0 bridgehead atoms. The third-order valence-electron chi connectivity index (χ3n) is 2.50. The van der Waals surface area contributed by atoms with Crippen molar-refractivity contribution in [1.29, 1.82) is 0 Å². The highest BCUT2D eigenvalue weighted by molar-refractivity contribution is 14.1. The van der Waals surface area contributed by atoms with Crippen LogP contribution in [0.1, 0.15) is 23.2 Å². The summed E-state index contributed by atoms with van der Waals surface area (Å²) in [6.07, 6.45) is 2.07. The summed E-state index contributed by atoms with van der Waals surface area (Å²) in [5, 5.41) is 8.27. The molecule has 3 nitrogen and oxygen atoms in total. The zero-order chi connectivity index (χ0) is 10.7. The Kier molecular flexibility index (Phi) is 3.99. The van der Waals surface area contributed by atoms with Crippen LogP contribution in [0.3, 0.4) is 0 Å². The van der Waals surface area contributed by atoms with Gasteiger partial charge in [0, 0.05) is 11.4 Å². The average Bonchev–Trinajstić information content (AvgIpc) is 2.66. The molecule has 1 saturated heterocycles. The molecule has 1 aliphatic heterocycles. The van der Waals surface area contributed by atoms with E-state index in [-0.39, 0.29) is 5.91 Å². The van der Waals surface area contributed by atoms with Crippen molar-refractivity contribution in [3.63, 3.8) is 0 Å². The van der Waals surface area contributed by atoms with E-state index in [4.69, 9.17) is 0 Å². The van der Waals surface area contributed by atoms with Crippen molar-refractivity contribution in [1.82, 2.24) is 10.6 Å². The molecule has 0 spiro atoms. The minimum atomic E-state index is 0.0704. The van der Waals surface area contributed by atoms with Crippen LogP contribution in [0.4, 0.5) is 0 Å². The zero-order valence-electron chi connectivity index (χ0n) is 8.25. The maximum atomic E-state index is 11.8. The third-order valence-corrected chi connectivity index (χ3v) is 4.29. The van der Waals surface area contributed by atoms with Crippen molar-refractivity contribution in [3.8, 4) is 0 Å². The summed E-state index contributed by atoms with van der Waals surface area (Å²) in [7, 11) is 0. The first-order valence-electron chi connectivity index (χ1n) is 5.01. The lowest BCUT2D eigenvalue weighted by atomic mass is 10.1. The van der Waals surface area contributed by atoms with Crippen LogP contribution in [0.15, 0.2) is 11.4 Å². The van der Waals surface area contributed by atoms with Crippen LogP contribution in [-0.4, -0.2) is 25.0 Å². The predicted molar refractivity (Wildman–Crippen MR) is 70.4 cm³/mol. The van der Waals surface area contributed by atoms with Crippen LogP contribution in [-0.2, 0) is 0 Å². The SMILES string of the molecule is O=C(NC1CCNCC1)c1csc(I)c1. The third kappa shape index (κ3) is 3.15. The second kappa shape index (κ2) is 5.27. The Labute approximate surface area is 107 Å². The lowest BCUT2D eigenvalue weighted by Gasteiger charge is -2.23. The molecule has 5 heteroatoms. The molecule has 0 radical (unpaired) electrons. The van der Waals surface area contributed by atoms with Gasteiger partial charge in [0.15, 0.2) is 0 Å². The first-order valence-corrected chi connectivity index (χ1v) is 6.97. The first kappa shape index (κ1) is 11.3. The summed E-state index contributed by atoms with van der Waals surface area (Å²) < 4.78 is 1.16. The van der Waals surface area contributed by atoms with Gasteiger partial charge < -0.3 is 10.6 Å². The fraction of sp³-hybridized carbons (Fsp3) is 0.500. The molecule has 1 aromatic rings. The highest BCUT2D eigenvalue weighted by Crippen LogP contribution is 2.16. The quantitative estimate of drug-likeness (QED) is 0.809. The molecular formula is C10H13IN2OS. The van der Waals surface area contributed by atoms with E-state index in [0.29, 0.717) is 6.04 Å². The fourth-order valence-electron chi connectivity index (χ4n) is 1.66. The largest absolute Gasteiger partial charge is 0.349 e. The Morgan fingerprint density at radius 2 is 2.27 bits per heavy atom. The topological polar surface area (TPSA) is 41.1 Å². The van der Waals surface area contributed by atoms with Crippen molar-refractivity contribution in [3.05, 3.63) is 19.9 Å². The van der Waals surface area contributed by atoms with Gasteiger partial charge in [0.25, 0.3) is 5.91 Å². The summed E-state index contributed by atoms with van der Waals surface area (Å²) >= 11 is 3.84. The Hall–Kier alpha value is -0.140. The van der Waals surface area contributed by atoms with Crippen LogP contribution in [0.25, 0.3) is 0 Å². The summed E-state index contributed by atoms with van der Waals surface area (Å²) in [6, 6.07) is 2.28. The van der Waals surface area contributed by atoms with E-state index in [9.17, 15) is 4.79 Å². The normalized spacial score (nSPS) is 17.7. The molecule has 15 heavy (non-hydrogen) atoms. The number of nitrogens with one attached hydrogen (secondary N) is 2. The molecule has 0 aromatic carbocycles. The van der Waals surface area contributed by atoms with E-state index in [1.165, 1.54) is 0 Å². The number of hydrogen-bond donors (Lipinski definition) is 2. The molecule has 0 atom stereocenters. The van der Waals surface area contributed by atoms with Gasteiger partial charge in [-0.05, 0) is 54.6 Å². The number of amides is 1. The first-order chi connectivity index (χ1) is 7.25. The fourth-order valence-corrected chi connectivity index (χ4v) is 2.99. The van der Waals surface area contributed by atoms with E-state index in [1.54, 1.807) is 11.3 Å². The lowest BCUT2D eigenvalue weighted by molar-refractivity contribution is 0.0930. The monoisotopic (exact) mass is 336 g/mol. The molecule has 1 fully saturated rings. The molecule has 1 amide bonds. The van der Waals surface area contributed by atoms with Gasteiger partial charge in [0.1, 0.15) is 0 Å². The molecular weight excluding hydrogens is 323 g/mol. The smallest absolute Gasteiger partial charge is 0.252 e. The van der Waals surface area contributed by atoms with Gasteiger partial charge in [-0.2, -0.15) is 0 Å². The molecule has 1 aromatic heterocycles. The average molecular weight is 336 g/mol. The predicted octanol–water partition coefficient (Wildman–Crippen LogP) is 1.83. The van der Waals surface area contributed by atoms with E-state index >= 15 is 0 Å². The van der Waals surface area contributed by atoms with Gasteiger partial charge in [-0.25, -0.2) is 0 Å².